The summed E-state index contributed by atoms with van der Waals surface area (Å²) in [6.45, 7) is 6.90. The number of carbonyl (C=O) groups is 1. The number of rotatable bonds is 4. The van der Waals surface area contributed by atoms with Crippen molar-refractivity contribution < 1.29 is 4.79 Å². The predicted molar refractivity (Wildman–Crippen MR) is 112 cm³/mol. The maximum Gasteiger partial charge on any atom is 0.277 e. The van der Waals surface area contributed by atoms with E-state index in [1.54, 1.807) is 12.3 Å². The second kappa shape index (κ2) is 7.43. The van der Waals surface area contributed by atoms with E-state index in [1.165, 1.54) is 11.1 Å². The lowest BCUT2D eigenvalue weighted by Gasteiger charge is -2.24. The van der Waals surface area contributed by atoms with Crippen LogP contribution >= 0.6 is 0 Å². The molecule has 1 aliphatic rings. The van der Waals surface area contributed by atoms with Crippen molar-refractivity contribution in [3.8, 4) is 0 Å². The standard InChI is InChI=1S/C23H24N4O/c1-4-26(19-10-7-8-16(2)14-19)23-24-13-12-20(25-23)22(28)27-17(3)15-18-9-5-6-11-21(18)27/h5-14,17H,4,15H2,1-3H3. The third-order valence-electron chi connectivity index (χ3n) is 5.16. The fourth-order valence-electron chi connectivity index (χ4n) is 3.83. The average molecular weight is 372 g/mol. The van der Waals surface area contributed by atoms with Crippen LogP contribution in [0.3, 0.4) is 0 Å². The summed E-state index contributed by atoms with van der Waals surface area (Å²) in [6, 6.07) is 18.1. The number of aromatic nitrogens is 2. The van der Waals surface area contributed by atoms with Crippen LogP contribution in [0, 0.1) is 6.92 Å². The molecule has 0 saturated carbocycles. The molecule has 1 unspecified atom stereocenters. The average Bonchev–Trinajstić information content (AvgIpc) is 3.04. The highest BCUT2D eigenvalue weighted by Gasteiger charge is 2.32. The Morgan fingerprint density at radius 2 is 2.00 bits per heavy atom. The molecule has 0 aliphatic carbocycles. The largest absolute Gasteiger partial charge is 0.311 e. The van der Waals surface area contributed by atoms with Crippen LogP contribution in [0.25, 0.3) is 0 Å². The van der Waals surface area contributed by atoms with E-state index < -0.39 is 0 Å². The van der Waals surface area contributed by atoms with Gasteiger partial charge < -0.3 is 9.80 Å². The van der Waals surface area contributed by atoms with Gasteiger partial charge in [0.05, 0.1) is 0 Å². The molecule has 1 aliphatic heterocycles. The number of benzene rings is 2. The van der Waals surface area contributed by atoms with Crippen molar-refractivity contribution in [1.82, 2.24) is 9.97 Å². The Morgan fingerprint density at radius 3 is 2.79 bits per heavy atom. The van der Waals surface area contributed by atoms with Gasteiger partial charge >= 0.3 is 0 Å². The van der Waals surface area contributed by atoms with Crippen LogP contribution in [-0.2, 0) is 6.42 Å². The van der Waals surface area contributed by atoms with Crippen molar-refractivity contribution >= 4 is 23.2 Å². The van der Waals surface area contributed by atoms with Gasteiger partial charge in [0.25, 0.3) is 5.91 Å². The summed E-state index contributed by atoms with van der Waals surface area (Å²) in [6.07, 6.45) is 2.53. The van der Waals surface area contributed by atoms with Gasteiger partial charge in [-0.05, 0) is 62.6 Å². The first-order chi connectivity index (χ1) is 13.6. The Hall–Kier alpha value is -3.21. The van der Waals surface area contributed by atoms with Crippen LogP contribution in [0.15, 0.2) is 60.8 Å². The molecule has 5 nitrogen and oxygen atoms in total. The van der Waals surface area contributed by atoms with E-state index in [-0.39, 0.29) is 11.9 Å². The predicted octanol–water partition coefficient (Wildman–Crippen LogP) is 4.53. The van der Waals surface area contributed by atoms with Crippen LogP contribution < -0.4 is 9.80 Å². The van der Waals surface area contributed by atoms with Crippen LogP contribution in [-0.4, -0.2) is 28.5 Å². The van der Waals surface area contributed by atoms with Gasteiger partial charge in [0.2, 0.25) is 5.95 Å². The summed E-state index contributed by atoms with van der Waals surface area (Å²) >= 11 is 0. The highest BCUT2D eigenvalue weighted by Crippen LogP contribution is 2.33. The zero-order valence-electron chi connectivity index (χ0n) is 16.5. The summed E-state index contributed by atoms with van der Waals surface area (Å²) < 4.78 is 0. The molecule has 2 heterocycles. The highest BCUT2D eigenvalue weighted by atomic mass is 16.2. The molecule has 28 heavy (non-hydrogen) atoms. The molecule has 0 spiro atoms. The number of fused-ring (bicyclic) bond motifs is 1. The van der Waals surface area contributed by atoms with Crippen molar-refractivity contribution in [2.24, 2.45) is 0 Å². The molecule has 1 aromatic heterocycles. The minimum absolute atomic E-state index is 0.0820. The lowest BCUT2D eigenvalue weighted by atomic mass is 10.1. The minimum atomic E-state index is -0.0820. The highest BCUT2D eigenvalue weighted by molar-refractivity contribution is 6.06. The Kier molecular flexibility index (Phi) is 4.82. The SMILES string of the molecule is CCN(c1cccc(C)c1)c1nccc(C(=O)N2c3ccccc3CC2C)n1. The molecular formula is C23H24N4O. The zero-order valence-corrected chi connectivity index (χ0v) is 16.5. The van der Waals surface area contributed by atoms with Gasteiger partial charge in [0.15, 0.2) is 0 Å². The Bertz CT molecular complexity index is 1020. The molecule has 0 fully saturated rings. The molecule has 5 heteroatoms. The number of para-hydroxylation sites is 1. The van der Waals surface area contributed by atoms with Crippen molar-refractivity contribution in [2.45, 2.75) is 33.2 Å². The Balaban J connectivity index is 1.68. The molecule has 1 atom stereocenters. The van der Waals surface area contributed by atoms with Gasteiger partial charge in [-0.25, -0.2) is 9.97 Å². The summed E-state index contributed by atoms with van der Waals surface area (Å²) in [5, 5.41) is 0. The number of aryl methyl sites for hydroxylation is 1. The molecule has 4 rings (SSSR count). The number of amides is 1. The van der Waals surface area contributed by atoms with Crippen LogP contribution in [0.5, 0.6) is 0 Å². The molecule has 142 valence electrons. The molecule has 2 aromatic carbocycles. The molecule has 0 radical (unpaired) electrons. The van der Waals surface area contributed by atoms with Gasteiger partial charge in [-0.15, -0.1) is 0 Å². The van der Waals surface area contributed by atoms with Crippen LogP contribution in [0.1, 0.15) is 35.5 Å². The number of hydrogen-bond donors (Lipinski definition) is 0. The third kappa shape index (κ3) is 3.24. The molecule has 0 N–H and O–H groups in total. The van der Waals surface area contributed by atoms with Crippen LogP contribution in [0.2, 0.25) is 0 Å². The van der Waals surface area contributed by atoms with Crippen molar-refractivity contribution in [2.75, 3.05) is 16.3 Å². The maximum absolute atomic E-state index is 13.3. The number of nitrogens with zero attached hydrogens (tertiary/aromatic N) is 4. The van der Waals surface area contributed by atoms with E-state index in [0.717, 1.165) is 17.8 Å². The second-order valence-corrected chi connectivity index (χ2v) is 7.18. The van der Waals surface area contributed by atoms with Gasteiger partial charge in [-0.3, -0.25) is 4.79 Å². The van der Waals surface area contributed by atoms with E-state index in [1.807, 2.05) is 40.1 Å². The van der Waals surface area contributed by atoms with E-state index in [9.17, 15) is 4.79 Å². The monoisotopic (exact) mass is 372 g/mol. The number of carbonyl (C=O) groups excluding carboxylic acids is 1. The quantitative estimate of drug-likeness (QED) is 0.675. The van der Waals surface area contributed by atoms with Gasteiger partial charge in [0.1, 0.15) is 5.69 Å². The fourth-order valence-corrected chi connectivity index (χ4v) is 3.83. The van der Waals surface area contributed by atoms with E-state index >= 15 is 0 Å². The normalized spacial score (nSPS) is 15.4. The summed E-state index contributed by atoms with van der Waals surface area (Å²) in [5.74, 6) is 0.459. The topological polar surface area (TPSA) is 49.3 Å². The minimum Gasteiger partial charge on any atom is -0.311 e. The van der Waals surface area contributed by atoms with Crippen molar-refractivity contribution in [3.05, 3.63) is 77.6 Å². The van der Waals surface area contributed by atoms with Gasteiger partial charge in [-0.2, -0.15) is 0 Å². The molecule has 0 saturated heterocycles. The molecule has 0 bridgehead atoms. The van der Waals surface area contributed by atoms with E-state index in [0.29, 0.717) is 18.2 Å². The van der Waals surface area contributed by atoms with Crippen molar-refractivity contribution in [3.63, 3.8) is 0 Å². The van der Waals surface area contributed by atoms with Crippen molar-refractivity contribution in [1.29, 1.82) is 0 Å². The van der Waals surface area contributed by atoms with Gasteiger partial charge in [0, 0.05) is 30.2 Å². The van der Waals surface area contributed by atoms with E-state index in [2.05, 4.69) is 48.9 Å². The summed E-state index contributed by atoms with van der Waals surface area (Å²) in [4.78, 5) is 26.2. The maximum atomic E-state index is 13.3. The van der Waals surface area contributed by atoms with Gasteiger partial charge in [-0.1, -0.05) is 30.3 Å². The summed E-state index contributed by atoms with van der Waals surface area (Å²) in [7, 11) is 0. The number of hydrogen-bond acceptors (Lipinski definition) is 4. The lowest BCUT2D eigenvalue weighted by Crippen LogP contribution is -2.36. The smallest absolute Gasteiger partial charge is 0.277 e. The fraction of sp³-hybridized carbons (Fsp3) is 0.261. The van der Waals surface area contributed by atoms with Crippen LogP contribution in [0.4, 0.5) is 17.3 Å². The first-order valence-corrected chi connectivity index (χ1v) is 9.67. The molecular weight excluding hydrogens is 348 g/mol. The third-order valence-corrected chi connectivity index (χ3v) is 5.16. The Morgan fingerprint density at radius 1 is 1.18 bits per heavy atom. The lowest BCUT2D eigenvalue weighted by molar-refractivity contribution is 0.0976. The first kappa shape index (κ1) is 18.2. The Labute approximate surface area is 165 Å². The summed E-state index contributed by atoms with van der Waals surface area (Å²) in [5.41, 5.74) is 4.79. The molecule has 1 amide bonds. The van der Waals surface area contributed by atoms with E-state index in [4.69, 9.17) is 0 Å². The number of anilines is 3. The first-order valence-electron chi connectivity index (χ1n) is 9.67. The zero-order chi connectivity index (χ0) is 19.7. The molecule has 3 aromatic rings. The second-order valence-electron chi connectivity index (χ2n) is 7.18.